The standard InChI is InChI=1S/C10H10ClN3O2.C4H4ClN3/c1-3-16-10(15)9-6(2)12-8-5-4-7(11)13-14(8)9;5-3-1-2-4(6)8-7-3/h4-5H,3H2,1-2H3;1-2H,(H2,6,8). The van der Waals surface area contributed by atoms with Crippen molar-refractivity contribution < 1.29 is 9.53 Å². The third kappa shape index (κ3) is 4.30. The van der Waals surface area contributed by atoms with Crippen LogP contribution in [0.3, 0.4) is 0 Å². The van der Waals surface area contributed by atoms with Crippen LogP contribution in [-0.2, 0) is 4.74 Å². The van der Waals surface area contributed by atoms with Crippen molar-refractivity contribution in [2.45, 2.75) is 13.8 Å². The second-order valence-electron chi connectivity index (χ2n) is 4.47. The fraction of sp³-hybridized carbons (Fsp3) is 0.214. The molecule has 24 heavy (non-hydrogen) atoms. The first kappa shape index (κ1) is 17.9. The summed E-state index contributed by atoms with van der Waals surface area (Å²) in [5.74, 6) is -0.0586. The third-order valence-electron chi connectivity index (χ3n) is 2.74. The second kappa shape index (κ2) is 7.89. The van der Waals surface area contributed by atoms with E-state index in [4.69, 9.17) is 33.7 Å². The summed E-state index contributed by atoms with van der Waals surface area (Å²) >= 11 is 11.2. The summed E-state index contributed by atoms with van der Waals surface area (Å²) in [5, 5.41) is 11.6. The van der Waals surface area contributed by atoms with Gasteiger partial charge in [-0.1, -0.05) is 23.2 Å². The Morgan fingerprint density at radius 3 is 2.50 bits per heavy atom. The molecule has 0 radical (unpaired) electrons. The van der Waals surface area contributed by atoms with E-state index in [1.807, 2.05) is 0 Å². The first-order chi connectivity index (χ1) is 11.4. The predicted octanol–water partition coefficient (Wildman–Crippen LogP) is 2.58. The fourth-order valence-electron chi connectivity index (χ4n) is 1.78. The van der Waals surface area contributed by atoms with E-state index >= 15 is 0 Å². The van der Waals surface area contributed by atoms with Crippen LogP contribution in [0.1, 0.15) is 23.1 Å². The molecular weight excluding hydrogens is 355 g/mol. The Morgan fingerprint density at radius 2 is 1.92 bits per heavy atom. The molecule has 0 saturated heterocycles. The van der Waals surface area contributed by atoms with Crippen LogP contribution < -0.4 is 5.73 Å². The molecule has 0 aliphatic heterocycles. The third-order valence-corrected chi connectivity index (χ3v) is 3.14. The number of esters is 1. The molecule has 0 aromatic carbocycles. The highest BCUT2D eigenvalue weighted by atomic mass is 35.5. The van der Waals surface area contributed by atoms with Gasteiger partial charge in [0.05, 0.1) is 12.3 Å². The van der Waals surface area contributed by atoms with Gasteiger partial charge in [0.2, 0.25) is 0 Å². The number of carbonyl (C=O) groups is 1. The number of hydrogen-bond donors (Lipinski definition) is 1. The minimum atomic E-state index is -0.442. The molecule has 126 valence electrons. The molecule has 0 aliphatic carbocycles. The molecule has 3 heterocycles. The highest BCUT2D eigenvalue weighted by Crippen LogP contribution is 2.14. The number of nitrogens with two attached hydrogens (primary N) is 1. The molecule has 0 aliphatic rings. The van der Waals surface area contributed by atoms with Gasteiger partial charge in [0.1, 0.15) is 11.0 Å². The zero-order valence-electron chi connectivity index (χ0n) is 12.9. The maximum atomic E-state index is 11.7. The number of fused-ring (bicyclic) bond motifs is 1. The van der Waals surface area contributed by atoms with Gasteiger partial charge in [-0.3, -0.25) is 0 Å². The van der Waals surface area contributed by atoms with Crippen LogP contribution in [0.4, 0.5) is 5.82 Å². The molecular formula is C14H14Cl2N6O2. The summed E-state index contributed by atoms with van der Waals surface area (Å²) < 4.78 is 6.33. The lowest BCUT2D eigenvalue weighted by atomic mass is 10.3. The molecule has 3 aromatic rings. The van der Waals surface area contributed by atoms with Crippen molar-refractivity contribution in [3.63, 3.8) is 0 Å². The van der Waals surface area contributed by atoms with E-state index in [0.717, 1.165) is 0 Å². The molecule has 0 unspecified atom stereocenters. The summed E-state index contributed by atoms with van der Waals surface area (Å²) in [6.45, 7) is 3.79. The number of anilines is 1. The van der Waals surface area contributed by atoms with Gasteiger partial charge in [0.15, 0.2) is 16.5 Å². The average molecular weight is 369 g/mol. The van der Waals surface area contributed by atoms with E-state index in [2.05, 4.69) is 20.3 Å². The lowest BCUT2D eigenvalue weighted by molar-refractivity contribution is 0.0516. The lowest BCUT2D eigenvalue weighted by Crippen LogP contribution is -2.11. The van der Waals surface area contributed by atoms with Gasteiger partial charge < -0.3 is 10.5 Å². The SMILES string of the molecule is CCOC(=O)c1c(C)nc2ccc(Cl)nn12.Nc1ccc(Cl)nn1. The maximum absolute atomic E-state index is 11.7. The number of hydrogen-bond acceptors (Lipinski definition) is 7. The second-order valence-corrected chi connectivity index (χ2v) is 5.25. The van der Waals surface area contributed by atoms with Gasteiger partial charge in [0.25, 0.3) is 0 Å². The topological polar surface area (TPSA) is 108 Å². The van der Waals surface area contributed by atoms with E-state index in [1.165, 1.54) is 4.52 Å². The summed E-state index contributed by atoms with van der Waals surface area (Å²) in [7, 11) is 0. The van der Waals surface area contributed by atoms with Gasteiger partial charge in [-0.15, -0.1) is 10.2 Å². The van der Waals surface area contributed by atoms with Crippen molar-refractivity contribution in [3.8, 4) is 0 Å². The molecule has 0 bridgehead atoms. The Morgan fingerprint density at radius 1 is 1.21 bits per heavy atom. The molecule has 2 N–H and O–H groups in total. The Hall–Kier alpha value is -2.45. The summed E-state index contributed by atoms with van der Waals surface area (Å²) in [6.07, 6.45) is 0. The molecule has 0 atom stereocenters. The number of ether oxygens (including phenoxy) is 1. The number of nitrogens with zero attached hydrogens (tertiary/aromatic N) is 5. The Balaban J connectivity index is 0.000000219. The van der Waals surface area contributed by atoms with E-state index < -0.39 is 5.97 Å². The van der Waals surface area contributed by atoms with Gasteiger partial charge in [-0.25, -0.2) is 14.3 Å². The average Bonchev–Trinajstić information content (AvgIpc) is 2.86. The Labute approximate surface area is 147 Å². The molecule has 3 rings (SSSR count). The smallest absolute Gasteiger partial charge is 0.358 e. The van der Waals surface area contributed by atoms with Crippen LogP contribution in [0.15, 0.2) is 24.3 Å². The van der Waals surface area contributed by atoms with Crippen LogP contribution >= 0.6 is 23.2 Å². The molecule has 3 aromatic heterocycles. The molecule has 0 amide bonds. The first-order valence-electron chi connectivity index (χ1n) is 6.86. The zero-order chi connectivity index (χ0) is 17.7. The van der Waals surface area contributed by atoms with E-state index in [9.17, 15) is 4.79 Å². The van der Waals surface area contributed by atoms with Crippen molar-refractivity contribution >= 4 is 40.6 Å². The summed E-state index contributed by atoms with van der Waals surface area (Å²) in [5.41, 5.74) is 6.66. The van der Waals surface area contributed by atoms with Crippen LogP contribution in [-0.4, -0.2) is 37.4 Å². The molecule has 10 heteroatoms. The van der Waals surface area contributed by atoms with Crippen molar-refractivity contribution in [2.24, 2.45) is 0 Å². The predicted molar refractivity (Wildman–Crippen MR) is 90.1 cm³/mol. The summed E-state index contributed by atoms with van der Waals surface area (Å²) in [4.78, 5) is 15.9. The van der Waals surface area contributed by atoms with Crippen molar-refractivity contribution in [1.82, 2.24) is 24.8 Å². The largest absolute Gasteiger partial charge is 0.461 e. The van der Waals surface area contributed by atoms with E-state index in [0.29, 0.717) is 39.8 Å². The highest BCUT2D eigenvalue weighted by Gasteiger charge is 2.18. The summed E-state index contributed by atoms with van der Waals surface area (Å²) in [6, 6.07) is 6.50. The van der Waals surface area contributed by atoms with Gasteiger partial charge in [0, 0.05) is 0 Å². The first-order valence-corrected chi connectivity index (χ1v) is 7.61. The number of imidazole rings is 1. The molecule has 8 nitrogen and oxygen atoms in total. The van der Waals surface area contributed by atoms with Gasteiger partial charge in [-0.05, 0) is 38.1 Å². The number of halogens is 2. The quantitative estimate of drug-likeness (QED) is 0.692. The minimum Gasteiger partial charge on any atom is -0.461 e. The van der Waals surface area contributed by atoms with E-state index in [-0.39, 0.29) is 0 Å². The highest BCUT2D eigenvalue weighted by molar-refractivity contribution is 6.29. The van der Waals surface area contributed by atoms with Crippen LogP contribution in [0, 0.1) is 6.92 Å². The van der Waals surface area contributed by atoms with Crippen LogP contribution in [0.25, 0.3) is 5.65 Å². The van der Waals surface area contributed by atoms with Crippen LogP contribution in [0.2, 0.25) is 10.3 Å². The molecule has 0 saturated carbocycles. The normalized spacial score (nSPS) is 10.2. The Kier molecular flexibility index (Phi) is 5.88. The Bertz CT molecular complexity index is 829. The number of nitrogen functional groups attached to an aromatic ring is 1. The lowest BCUT2D eigenvalue weighted by Gasteiger charge is -2.01. The van der Waals surface area contributed by atoms with Crippen molar-refractivity contribution in [2.75, 3.05) is 12.3 Å². The van der Waals surface area contributed by atoms with Crippen molar-refractivity contribution in [1.29, 1.82) is 0 Å². The fourth-order valence-corrected chi connectivity index (χ4v) is 2.02. The number of aryl methyl sites for hydroxylation is 1. The molecule has 0 fully saturated rings. The number of rotatable bonds is 2. The zero-order valence-corrected chi connectivity index (χ0v) is 14.4. The van der Waals surface area contributed by atoms with E-state index in [1.54, 1.807) is 38.1 Å². The maximum Gasteiger partial charge on any atom is 0.358 e. The van der Waals surface area contributed by atoms with Gasteiger partial charge in [-0.2, -0.15) is 5.10 Å². The van der Waals surface area contributed by atoms with Crippen molar-refractivity contribution in [3.05, 3.63) is 46.0 Å². The number of carbonyl (C=O) groups excluding carboxylic acids is 1. The number of aromatic nitrogens is 5. The molecule has 0 spiro atoms. The minimum absolute atomic E-state index is 0.301. The van der Waals surface area contributed by atoms with Gasteiger partial charge >= 0.3 is 5.97 Å². The monoisotopic (exact) mass is 368 g/mol. The van der Waals surface area contributed by atoms with Crippen LogP contribution in [0.5, 0.6) is 0 Å².